The Morgan fingerprint density at radius 2 is 1.53 bits per heavy atom. The molecule has 9 heteroatoms. The van der Waals surface area contributed by atoms with Gasteiger partial charge in [-0.15, -0.1) is 0 Å². The molecule has 0 radical (unpaired) electrons. The van der Waals surface area contributed by atoms with Gasteiger partial charge in [-0.3, -0.25) is 14.4 Å². The van der Waals surface area contributed by atoms with E-state index in [0.717, 1.165) is 46.6 Å². The van der Waals surface area contributed by atoms with Crippen molar-refractivity contribution in [2.45, 2.75) is 38.3 Å². The molecule has 3 aliphatic rings. The summed E-state index contributed by atoms with van der Waals surface area (Å²) in [6, 6.07) is 10.4. The minimum Gasteiger partial charge on any atom is -0.481 e. The highest BCUT2D eigenvalue weighted by atomic mass is 16.4. The quantitative estimate of drug-likeness (QED) is 0.527. The number of aliphatic carboxylic acids is 2. The van der Waals surface area contributed by atoms with E-state index in [2.05, 4.69) is 22.3 Å². The monoisotopic (exact) mass is 449 g/mol. The van der Waals surface area contributed by atoms with Crippen molar-refractivity contribution >= 4 is 17.8 Å². The van der Waals surface area contributed by atoms with Gasteiger partial charge in [0.15, 0.2) is 0 Å². The van der Waals surface area contributed by atoms with Crippen LogP contribution in [0.1, 0.15) is 38.3 Å². The average Bonchev–Trinajstić information content (AvgIpc) is 3.31. The predicted octanol–water partition coefficient (Wildman–Crippen LogP) is 1.04. The third-order valence-electron chi connectivity index (χ3n) is 6.18. The minimum atomic E-state index is -1.19. The van der Waals surface area contributed by atoms with Gasteiger partial charge in [0, 0.05) is 52.5 Å². The van der Waals surface area contributed by atoms with Crippen LogP contribution in [-0.4, -0.2) is 88.3 Å². The molecule has 3 saturated heterocycles. The van der Waals surface area contributed by atoms with Gasteiger partial charge < -0.3 is 30.4 Å². The second-order valence-electron chi connectivity index (χ2n) is 8.77. The second-order valence-corrected chi connectivity index (χ2v) is 8.77. The number of hydrogen-bond acceptors (Lipinski definition) is 6. The van der Waals surface area contributed by atoms with Crippen LogP contribution in [0.15, 0.2) is 30.3 Å². The Bertz CT molecular complexity index is 759. The van der Waals surface area contributed by atoms with Gasteiger partial charge in [-0.05, 0) is 31.4 Å². The molecule has 0 aliphatic carbocycles. The zero-order chi connectivity index (χ0) is 23.9. The van der Waals surface area contributed by atoms with Gasteiger partial charge in [-0.2, -0.15) is 0 Å². The number of carbonyl (C=O) groups is 3. The summed E-state index contributed by atoms with van der Waals surface area (Å²) in [5.41, 5.74) is 0.00424. The fourth-order valence-corrected chi connectivity index (χ4v) is 4.68. The number of fused-ring (bicyclic) bond motifs is 1. The van der Waals surface area contributed by atoms with Gasteiger partial charge in [-0.25, -0.2) is 0 Å². The van der Waals surface area contributed by atoms with E-state index in [-0.39, 0.29) is 11.9 Å². The van der Waals surface area contributed by atoms with E-state index in [1.807, 2.05) is 30.1 Å². The van der Waals surface area contributed by atoms with Crippen LogP contribution >= 0.6 is 0 Å². The van der Waals surface area contributed by atoms with Crippen LogP contribution in [0.25, 0.3) is 0 Å². The summed E-state index contributed by atoms with van der Waals surface area (Å²) in [6.07, 6.45) is 1.07. The molecule has 4 N–H and O–H groups in total. The maximum atomic E-state index is 13.3. The van der Waals surface area contributed by atoms with Gasteiger partial charge in [0.1, 0.15) is 5.60 Å². The lowest BCUT2D eigenvalue weighted by Gasteiger charge is -2.40. The minimum absolute atomic E-state index is 0.0566. The Balaban J connectivity index is 0.000000395. The first-order chi connectivity index (χ1) is 15.0. The lowest BCUT2D eigenvalue weighted by molar-refractivity contribution is -0.157. The van der Waals surface area contributed by atoms with Crippen LogP contribution in [0.3, 0.4) is 0 Å². The molecule has 1 aromatic rings. The molecular formula is C23H35N3O6. The Morgan fingerprint density at radius 1 is 1.00 bits per heavy atom. The number of aliphatic hydroxyl groups is 1. The molecule has 0 spiro atoms. The Kier molecular flexibility index (Phi) is 9.18. The van der Waals surface area contributed by atoms with Crippen LogP contribution in [0.5, 0.6) is 0 Å². The van der Waals surface area contributed by atoms with Gasteiger partial charge in [0.2, 0.25) is 0 Å². The van der Waals surface area contributed by atoms with Crippen molar-refractivity contribution in [3.63, 3.8) is 0 Å². The third kappa shape index (κ3) is 6.75. The number of piperidine rings is 1. The molecule has 3 heterocycles. The number of likely N-dealkylation sites (tertiary alicyclic amines) is 2. The number of amides is 1. The first kappa shape index (κ1) is 25.8. The molecule has 178 valence electrons. The fourth-order valence-electron chi connectivity index (χ4n) is 4.68. The molecule has 9 nitrogen and oxygen atoms in total. The number of benzene rings is 1. The van der Waals surface area contributed by atoms with Crippen molar-refractivity contribution in [2.24, 2.45) is 11.8 Å². The number of nitrogens with zero attached hydrogens (tertiary/aromatic N) is 2. The molecule has 3 aliphatic heterocycles. The largest absolute Gasteiger partial charge is 0.481 e. The summed E-state index contributed by atoms with van der Waals surface area (Å²) in [5.74, 6) is -0.779. The Labute approximate surface area is 189 Å². The van der Waals surface area contributed by atoms with Gasteiger partial charge in [-0.1, -0.05) is 30.3 Å². The molecule has 3 atom stereocenters. The van der Waals surface area contributed by atoms with Crippen molar-refractivity contribution in [3.05, 3.63) is 35.9 Å². The molecule has 1 amide bonds. The van der Waals surface area contributed by atoms with Gasteiger partial charge in [0.25, 0.3) is 17.8 Å². The van der Waals surface area contributed by atoms with E-state index in [4.69, 9.17) is 19.8 Å². The number of nitrogens with one attached hydrogen (secondary N) is 1. The normalized spacial score (nSPS) is 26.1. The zero-order valence-corrected chi connectivity index (χ0v) is 19.0. The molecule has 32 heavy (non-hydrogen) atoms. The van der Waals surface area contributed by atoms with E-state index in [0.29, 0.717) is 24.7 Å². The Morgan fingerprint density at radius 3 is 2.06 bits per heavy atom. The molecule has 4 rings (SSSR count). The highest BCUT2D eigenvalue weighted by molar-refractivity contribution is 5.86. The smallest absolute Gasteiger partial charge is 0.300 e. The van der Waals surface area contributed by atoms with Crippen LogP contribution in [-0.2, 0) is 14.4 Å². The predicted molar refractivity (Wildman–Crippen MR) is 119 cm³/mol. The standard InChI is InChI=1S/C19H27N3O2.2C2H4O2/c1-21-9-7-19(24,8-10-21)18(23)22-13-15-11-20-12-16(15)17(22)14-5-3-2-4-6-14;2*1-2(3)4/h2-6,15-17,20,24H,7-13H2,1H3;2*1H3,(H,3,4)/t15-,16-,17+;;/m0../s1. The lowest BCUT2D eigenvalue weighted by Crippen LogP contribution is -2.54. The first-order valence-electron chi connectivity index (χ1n) is 10.9. The SMILES string of the molecule is CC(=O)O.CC(=O)O.CN1CCC(O)(C(=O)N2C[C@@H]3CNC[C@@H]3[C@H]2c2ccccc2)CC1. The van der Waals surface area contributed by atoms with E-state index < -0.39 is 17.5 Å². The summed E-state index contributed by atoms with van der Waals surface area (Å²) < 4.78 is 0. The number of hydrogen-bond donors (Lipinski definition) is 4. The van der Waals surface area contributed by atoms with Crippen LogP contribution in [0.4, 0.5) is 0 Å². The van der Waals surface area contributed by atoms with Crippen molar-refractivity contribution < 1.29 is 29.7 Å². The average molecular weight is 450 g/mol. The molecule has 0 bridgehead atoms. The molecule has 0 unspecified atom stereocenters. The van der Waals surface area contributed by atoms with E-state index in [9.17, 15) is 9.90 Å². The maximum Gasteiger partial charge on any atom is 0.300 e. The summed E-state index contributed by atoms with van der Waals surface area (Å²) in [5, 5.41) is 29.3. The summed E-state index contributed by atoms with van der Waals surface area (Å²) in [6.45, 7) is 6.41. The summed E-state index contributed by atoms with van der Waals surface area (Å²) in [7, 11) is 2.04. The van der Waals surface area contributed by atoms with Crippen LogP contribution < -0.4 is 5.32 Å². The summed E-state index contributed by atoms with van der Waals surface area (Å²) >= 11 is 0. The molecule has 0 aromatic heterocycles. The van der Waals surface area contributed by atoms with Crippen molar-refractivity contribution in [1.82, 2.24) is 15.1 Å². The van der Waals surface area contributed by atoms with Gasteiger partial charge in [0.05, 0.1) is 6.04 Å². The molecule has 0 saturated carbocycles. The topological polar surface area (TPSA) is 130 Å². The number of rotatable bonds is 2. The van der Waals surface area contributed by atoms with Crippen LogP contribution in [0.2, 0.25) is 0 Å². The number of carboxylic acid groups (broad SMARTS) is 2. The highest BCUT2D eigenvalue weighted by Crippen LogP contribution is 2.44. The van der Waals surface area contributed by atoms with Gasteiger partial charge >= 0.3 is 0 Å². The lowest BCUT2D eigenvalue weighted by atomic mass is 9.87. The van der Waals surface area contributed by atoms with Crippen LogP contribution in [0, 0.1) is 11.8 Å². The second kappa shape index (κ2) is 11.4. The summed E-state index contributed by atoms with van der Waals surface area (Å²) in [4.78, 5) is 35.4. The number of carboxylic acids is 2. The Hall–Kier alpha value is -2.49. The van der Waals surface area contributed by atoms with E-state index in [1.165, 1.54) is 5.56 Å². The molecular weight excluding hydrogens is 414 g/mol. The van der Waals surface area contributed by atoms with Crippen molar-refractivity contribution in [2.75, 3.05) is 39.8 Å². The third-order valence-corrected chi connectivity index (χ3v) is 6.18. The highest BCUT2D eigenvalue weighted by Gasteiger charge is 2.51. The van der Waals surface area contributed by atoms with Crippen molar-refractivity contribution in [3.8, 4) is 0 Å². The van der Waals surface area contributed by atoms with E-state index in [1.54, 1.807) is 0 Å². The van der Waals surface area contributed by atoms with E-state index >= 15 is 0 Å². The zero-order valence-electron chi connectivity index (χ0n) is 19.0. The molecule has 1 aromatic carbocycles. The first-order valence-corrected chi connectivity index (χ1v) is 10.9. The maximum absolute atomic E-state index is 13.3. The van der Waals surface area contributed by atoms with Crippen molar-refractivity contribution in [1.29, 1.82) is 0 Å². The fraction of sp³-hybridized carbons (Fsp3) is 0.609. The number of carbonyl (C=O) groups excluding carboxylic acids is 1. The molecule has 3 fully saturated rings.